The Bertz CT molecular complexity index is 1550. The first-order valence-electron chi connectivity index (χ1n) is 13.7. The minimum Gasteiger partial charge on any atom is -0.496 e. The van der Waals surface area contributed by atoms with E-state index in [4.69, 9.17) is 19.4 Å². The van der Waals surface area contributed by atoms with Crippen LogP contribution in [-0.2, 0) is 17.7 Å². The van der Waals surface area contributed by atoms with E-state index in [-0.39, 0.29) is 11.4 Å². The van der Waals surface area contributed by atoms with Gasteiger partial charge in [0.25, 0.3) is 5.91 Å². The van der Waals surface area contributed by atoms with Gasteiger partial charge in [-0.3, -0.25) is 4.79 Å². The van der Waals surface area contributed by atoms with Crippen LogP contribution in [-0.4, -0.2) is 71.3 Å². The van der Waals surface area contributed by atoms with Crippen molar-refractivity contribution in [2.75, 3.05) is 45.4 Å². The van der Waals surface area contributed by atoms with Crippen LogP contribution >= 0.6 is 11.3 Å². The Morgan fingerprint density at radius 2 is 1.85 bits per heavy atom. The number of hydrogen-bond donors (Lipinski definition) is 0. The van der Waals surface area contributed by atoms with Crippen molar-refractivity contribution in [3.05, 3.63) is 59.2 Å². The molecule has 40 heavy (non-hydrogen) atoms. The van der Waals surface area contributed by atoms with Gasteiger partial charge in [-0.25, -0.2) is 9.97 Å². The molecule has 4 aromatic rings. The van der Waals surface area contributed by atoms with E-state index in [0.29, 0.717) is 25.6 Å². The molecular formula is C31H35N5O3S. The molecule has 1 aromatic carbocycles. The molecule has 0 bridgehead atoms. The molecule has 3 aromatic heterocycles. The van der Waals surface area contributed by atoms with E-state index < -0.39 is 0 Å². The standard InChI is InChI=1S/C31H35N5O3S/c1-31(2,3)34(4)30(37)29-33-27(25-9-7-17-40-25)28-21-19-22(24(38-5)18-20(21)11-12-36(28)29)23-8-6-10-26(32-23)35-13-15-39-16-14-35/h6-10,17-19H,11-16H2,1-5H3. The lowest BCUT2D eigenvalue weighted by atomic mass is 9.93. The van der Waals surface area contributed by atoms with Crippen LogP contribution in [0.3, 0.4) is 0 Å². The molecule has 9 heteroatoms. The molecule has 0 radical (unpaired) electrons. The number of methoxy groups -OCH3 is 1. The number of ether oxygens (including phenoxy) is 2. The van der Waals surface area contributed by atoms with Gasteiger partial charge >= 0.3 is 0 Å². The van der Waals surface area contributed by atoms with E-state index in [1.807, 2.05) is 57.5 Å². The summed E-state index contributed by atoms with van der Waals surface area (Å²) in [5.74, 6) is 2.13. The number of hydrogen-bond acceptors (Lipinski definition) is 7. The van der Waals surface area contributed by atoms with Crippen LogP contribution in [0.25, 0.3) is 33.1 Å². The van der Waals surface area contributed by atoms with Gasteiger partial charge in [0.15, 0.2) is 5.82 Å². The quantitative estimate of drug-likeness (QED) is 0.318. The summed E-state index contributed by atoms with van der Waals surface area (Å²) in [6, 6.07) is 14.5. The molecule has 0 aliphatic carbocycles. The fraction of sp³-hybridized carbons (Fsp3) is 0.387. The number of amides is 1. The predicted octanol–water partition coefficient (Wildman–Crippen LogP) is 5.61. The summed E-state index contributed by atoms with van der Waals surface area (Å²) < 4.78 is 13.5. The fourth-order valence-corrected chi connectivity index (χ4v) is 6.05. The number of fused-ring (bicyclic) bond motifs is 3. The largest absolute Gasteiger partial charge is 0.496 e. The molecule has 2 aliphatic heterocycles. The van der Waals surface area contributed by atoms with Crippen molar-refractivity contribution in [1.82, 2.24) is 19.4 Å². The molecule has 208 valence electrons. The second-order valence-electron chi connectivity index (χ2n) is 11.2. The number of imidazole rings is 1. The maximum absolute atomic E-state index is 13.7. The summed E-state index contributed by atoms with van der Waals surface area (Å²) in [7, 11) is 3.56. The van der Waals surface area contributed by atoms with E-state index in [2.05, 4.69) is 27.7 Å². The third-order valence-electron chi connectivity index (χ3n) is 7.85. The van der Waals surface area contributed by atoms with Crippen molar-refractivity contribution < 1.29 is 14.3 Å². The smallest absolute Gasteiger partial charge is 0.290 e. The number of thiophene rings is 1. The van der Waals surface area contributed by atoms with Crippen LogP contribution in [0.1, 0.15) is 37.0 Å². The Morgan fingerprint density at radius 1 is 1.05 bits per heavy atom. The fourth-order valence-electron chi connectivity index (χ4n) is 5.34. The molecular weight excluding hydrogens is 522 g/mol. The number of pyridine rings is 1. The lowest BCUT2D eigenvalue weighted by molar-refractivity contribution is 0.0638. The van der Waals surface area contributed by atoms with Crippen LogP contribution in [0.15, 0.2) is 47.8 Å². The van der Waals surface area contributed by atoms with Gasteiger partial charge in [-0.05, 0) is 68.5 Å². The van der Waals surface area contributed by atoms with Gasteiger partial charge in [-0.15, -0.1) is 11.3 Å². The summed E-state index contributed by atoms with van der Waals surface area (Å²) in [6.07, 6.45) is 0.778. The Labute approximate surface area is 239 Å². The second-order valence-corrected chi connectivity index (χ2v) is 12.2. The number of anilines is 1. The number of benzene rings is 1. The van der Waals surface area contributed by atoms with Crippen molar-refractivity contribution in [2.45, 2.75) is 39.3 Å². The highest BCUT2D eigenvalue weighted by Crippen LogP contribution is 2.44. The molecule has 0 saturated carbocycles. The summed E-state index contributed by atoms with van der Waals surface area (Å²) >= 11 is 1.63. The average molecular weight is 558 g/mol. The lowest BCUT2D eigenvalue weighted by Gasteiger charge is -2.32. The van der Waals surface area contributed by atoms with Crippen molar-refractivity contribution in [3.63, 3.8) is 0 Å². The number of aryl methyl sites for hydroxylation is 1. The number of aromatic nitrogens is 3. The van der Waals surface area contributed by atoms with Gasteiger partial charge in [0.1, 0.15) is 17.3 Å². The maximum Gasteiger partial charge on any atom is 0.290 e. The van der Waals surface area contributed by atoms with Crippen molar-refractivity contribution >= 4 is 23.1 Å². The van der Waals surface area contributed by atoms with E-state index in [9.17, 15) is 4.79 Å². The first-order chi connectivity index (χ1) is 19.3. The van der Waals surface area contributed by atoms with Crippen molar-refractivity contribution in [3.8, 4) is 38.8 Å². The molecule has 8 nitrogen and oxygen atoms in total. The normalized spacial score (nSPS) is 15.0. The highest BCUT2D eigenvalue weighted by Gasteiger charge is 2.33. The molecule has 1 amide bonds. The number of nitrogens with zero attached hydrogens (tertiary/aromatic N) is 5. The number of carbonyl (C=O) groups excluding carboxylic acids is 1. The minimum absolute atomic E-state index is 0.0754. The van der Waals surface area contributed by atoms with Gasteiger partial charge in [0.2, 0.25) is 0 Å². The van der Waals surface area contributed by atoms with Crippen molar-refractivity contribution in [1.29, 1.82) is 0 Å². The molecule has 0 spiro atoms. The van der Waals surface area contributed by atoms with Gasteiger partial charge < -0.3 is 23.8 Å². The first-order valence-corrected chi connectivity index (χ1v) is 14.6. The molecule has 0 unspecified atom stereocenters. The van der Waals surface area contributed by atoms with Gasteiger partial charge in [-0.2, -0.15) is 0 Å². The topological polar surface area (TPSA) is 72.7 Å². The van der Waals surface area contributed by atoms with Crippen LogP contribution in [0.2, 0.25) is 0 Å². The molecule has 5 heterocycles. The molecule has 0 atom stereocenters. The van der Waals surface area contributed by atoms with Crippen LogP contribution in [0.5, 0.6) is 5.75 Å². The van der Waals surface area contributed by atoms with Crippen LogP contribution in [0.4, 0.5) is 5.82 Å². The van der Waals surface area contributed by atoms with Gasteiger partial charge in [0.05, 0.1) is 36.6 Å². The lowest BCUT2D eigenvalue weighted by Crippen LogP contribution is -2.43. The molecule has 0 N–H and O–H groups in total. The predicted molar refractivity (Wildman–Crippen MR) is 159 cm³/mol. The Morgan fingerprint density at radius 3 is 2.55 bits per heavy atom. The SMILES string of the molecule is COc1cc2c(cc1-c1cccc(N3CCOCC3)n1)-c1c(-c3cccs3)nc(C(=O)N(C)C(C)(C)C)n1CC2. The zero-order valence-electron chi connectivity index (χ0n) is 23.7. The zero-order valence-corrected chi connectivity index (χ0v) is 24.5. The van der Waals surface area contributed by atoms with Gasteiger partial charge in [0, 0.05) is 43.3 Å². The molecule has 2 aliphatic rings. The van der Waals surface area contributed by atoms with E-state index in [1.165, 1.54) is 5.56 Å². The summed E-state index contributed by atoms with van der Waals surface area (Å²) in [6.45, 7) is 9.84. The third kappa shape index (κ3) is 4.67. The number of carbonyl (C=O) groups is 1. The molecule has 1 fully saturated rings. The zero-order chi connectivity index (χ0) is 28.0. The van der Waals surface area contributed by atoms with Gasteiger partial charge in [-0.1, -0.05) is 12.1 Å². The summed E-state index contributed by atoms with van der Waals surface area (Å²) in [5, 5.41) is 2.05. The molecule has 1 saturated heterocycles. The summed E-state index contributed by atoms with van der Waals surface area (Å²) in [5.41, 5.74) is 5.50. The highest BCUT2D eigenvalue weighted by atomic mass is 32.1. The average Bonchev–Trinajstić information content (AvgIpc) is 3.64. The van der Waals surface area contributed by atoms with E-state index >= 15 is 0 Å². The minimum atomic E-state index is -0.323. The Hall–Kier alpha value is -3.69. The van der Waals surface area contributed by atoms with Crippen molar-refractivity contribution in [2.24, 2.45) is 0 Å². The van der Waals surface area contributed by atoms with E-state index in [0.717, 1.165) is 64.2 Å². The first kappa shape index (κ1) is 26.5. The number of rotatable bonds is 5. The second kappa shape index (κ2) is 10.4. The third-order valence-corrected chi connectivity index (χ3v) is 8.73. The Balaban J connectivity index is 1.51. The van der Waals surface area contributed by atoms with Crippen LogP contribution < -0.4 is 9.64 Å². The Kier molecular flexibility index (Phi) is 6.88. The highest BCUT2D eigenvalue weighted by molar-refractivity contribution is 7.13. The maximum atomic E-state index is 13.7. The monoisotopic (exact) mass is 557 g/mol. The summed E-state index contributed by atoms with van der Waals surface area (Å²) in [4.78, 5) is 28.9. The van der Waals surface area contributed by atoms with Crippen LogP contribution in [0, 0.1) is 0 Å². The van der Waals surface area contributed by atoms with E-state index in [1.54, 1.807) is 23.3 Å². The number of morpholine rings is 1. The molecule has 6 rings (SSSR count).